The second-order valence-electron chi connectivity index (χ2n) is 4.79. The molecule has 0 aromatic heterocycles. The first-order valence-corrected chi connectivity index (χ1v) is 5.67. The quantitative estimate of drug-likeness (QED) is 0.857. The van der Waals surface area contributed by atoms with Gasteiger partial charge in [0.2, 0.25) is 0 Å². The average molecular weight is 294 g/mol. The number of halogens is 3. The third-order valence-electron chi connectivity index (χ3n) is 2.91. The molecule has 0 bridgehead atoms. The summed E-state index contributed by atoms with van der Waals surface area (Å²) >= 11 is 5.74. The summed E-state index contributed by atoms with van der Waals surface area (Å²) < 4.78 is 18.8. The van der Waals surface area contributed by atoms with Crippen LogP contribution in [0, 0.1) is 11.2 Å². The fourth-order valence-corrected chi connectivity index (χ4v) is 2.11. The van der Waals surface area contributed by atoms with E-state index in [1.54, 1.807) is 12.1 Å². The van der Waals surface area contributed by atoms with E-state index in [0.717, 1.165) is 0 Å². The Hall–Kier alpha value is -1.000. The van der Waals surface area contributed by atoms with Crippen molar-refractivity contribution >= 4 is 30.1 Å². The minimum Gasteiger partial charge on any atom is -0.449 e. The molecule has 0 saturated carbocycles. The molecule has 18 heavy (non-hydrogen) atoms. The summed E-state index contributed by atoms with van der Waals surface area (Å²) in [5.74, 6) is -0.491. The number of amides is 1. The van der Waals surface area contributed by atoms with Crippen molar-refractivity contribution in [3.63, 3.8) is 0 Å². The Balaban J connectivity index is 0.00000162. The summed E-state index contributed by atoms with van der Waals surface area (Å²) in [6, 6.07) is 4.33. The summed E-state index contributed by atoms with van der Waals surface area (Å²) in [5, 5.41) is 2.69. The van der Waals surface area contributed by atoms with Crippen LogP contribution in [0.5, 0.6) is 0 Å². The highest BCUT2D eigenvalue weighted by Gasteiger charge is 2.39. The molecule has 1 aromatic rings. The van der Waals surface area contributed by atoms with E-state index in [1.165, 1.54) is 6.07 Å². The van der Waals surface area contributed by atoms with Crippen LogP contribution in [0.25, 0.3) is 0 Å². The highest BCUT2D eigenvalue weighted by Crippen LogP contribution is 2.38. The lowest BCUT2D eigenvalue weighted by Gasteiger charge is -2.38. The summed E-state index contributed by atoms with van der Waals surface area (Å²) in [7, 11) is 0. The normalized spacial score (nSPS) is 21.6. The van der Waals surface area contributed by atoms with E-state index < -0.39 is 18.0 Å². The van der Waals surface area contributed by atoms with Gasteiger partial charge in [-0.1, -0.05) is 37.6 Å². The van der Waals surface area contributed by atoms with E-state index in [2.05, 4.69) is 5.32 Å². The summed E-state index contributed by atoms with van der Waals surface area (Å²) in [5.41, 5.74) is -0.00135. The van der Waals surface area contributed by atoms with Crippen molar-refractivity contribution in [2.45, 2.75) is 19.9 Å². The van der Waals surface area contributed by atoms with Crippen LogP contribution in [0.1, 0.15) is 25.5 Å². The van der Waals surface area contributed by atoms with Crippen molar-refractivity contribution in [2.75, 3.05) is 6.61 Å². The van der Waals surface area contributed by atoms with Crippen LogP contribution in [-0.2, 0) is 4.74 Å². The molecule has 0 spiro atoms. The zero-order valence-corrected chi connectivity index (χ0v) is 11.6. The van der Waals surface area contributed by atoms with Crippen LogP contribution >= 0.6 is 24.0 Å². The molecule has 1 aliphatic heterocycles. The number of carbonyl (C=O) groups excluding carboxylic acids is 1. The number of cyclic esters (lactones) is 1. The van der Waals surface area contributed by atoms with Crippen LogP contribution < -0.4 is 5.32 Å². The highest BCUT2D eigenvalue weighted by atomic mass is 35.5. The van der Waals surface area contributed by atoms with Gasteiger partial charge in [0.25, 0.3) is 0 Å². The summed E-state index contributed by atoms with van der Waals surface area (Å²) in [6.45, 7) is 4.05. The highest BCUT2D eigenvalue weighted by molar-refractivity contribution is 6.30. The standard InChI is InChI=1S/C12H13ClFNO2.ClH/c1-12(2)6-17-11(16)15-10(12)7-4-3-5-8(13)9(7)14;/h3-5,10H,6H2,1-2H3,(H,15,16);1H/t10-;/m1./s1. The van der Waals surface area contributed by atoms with Crippen molar-refractivity contribution in [1.82, 2.24) is 5.32 Å². The molecule has 1 heterocycles. The first kappa shape index (κ1) is 15.1. The van der Waals surface area contributed by atoms with Crippen LogP contribution in [0.15, 0.2) is 18.2 Å². The van der Waals surface area contributed by atoms with Crippen molar-refractivity contribution < 1.29 is 13.9 Å². The second-order valence-corrected chi connectivity index (χ2v) is 5.19. The van der Waals surface area contributed by atoms with Gasteiger partial charge < -0.3 is 10.1 Å². The van der Waals surface area contributed by atoms with Crippen LogP contribution in [0.4, 0.5) is 9.18 Å². The van der Waals surface area contributed by atoms with E-state index in [4.69, 9.17) is 16.3 Å². The Bertz CT molecular complexity index is 465. The van der Waals surface area contributed by atoms with Crippen LogP contribution in [0.3, 0.4) is 0 Å². The van der Waals surface area contributed by atoms with Crippen molar-refractivity contribution in [1.29, 1.82) is 0 Å². The monoisotopic (exact) mass is 293 g/mol. The number of rotatable bonds is 1. The summed E-state index contributed by atoms with van der Waals surface area (Å²) in [4.78, 5) is 11.2. The number of benzene rings is 1. The number of nitrogens with one attached hydrogen (secondary N) is 1. The molecule has 1 N–H and O–H groups in total. The lowest BCUT2D eigenvalue weighted by atomic mass is 9.80. The molecule has 2 rings (SSSR count). The van der Waals surface area contributed by atoms with Gasteiger partial charge in [0, 0.05) is 11.0 Å². The van der Waals surface area contributed by atoms with E-state index in [0.29, 0.717) is 5.56 Å². The van der Waals surface area contributed by atoms with Gasteiger partial charge in [0.15, 0.2) is 0 Å². The average Bonchev–Trinajstić information content (AvgIpc) is 2.26. The van der Waals surface area contributed by atoms with Crippen LogP contribution in [0.2, 0.25) is 5.02 Å². The Kier molecular flexibility index (Phi) is 4.46. The van der Waals surface area contributed by atoms with Gasteiger partial charge in [-0.25, -0.2) is 9.18 Å². The SMILES string of the molecule is CC1(C)COC(=O)N[C@@H]1c1cccc(Cl)c1F.Cl. The molecule has 6 heteroatoms. The maximum Gasteiger partial charge on any atom is 0.407 e. The molecule has 1 fully saturated rings. The number of hydrogen-bond acceptors (Lipinski definition) is 2. The second kappa shape index (κ2) is 5.33. The maximum absolute atomic E-state index is 13.9. The van der Waals surface area contributed by atoms with Gasteiger partial charge in [-0.3, -0.25) is 0 Å². The number of alkyl carbamates (subject to hydrolysis) is 1. The van der Waals surface area contributed by atoms with Crippen molar-refractivity contribution in [2.24, 2.45) is 5.41 Å². The molecular weight excluding hydrogens is 280 g/mol. The molecule has 1 amide bonds. The molecular formula is C12H14Cl2FNO2. The van der Waals surface area contributed by atoms with Gasteiger partial charge in [-0.05, 0) is 6.07 Å². The molecule has 100 valence electrons. The number of ether oxygens (including phenoxy) is 1. The third-order valence-corrected chi connectivity index (χ3v) is 3.20. The van der Waals surface area contributed by atoms with Gasteiger partial charge in [0.1, 0.15) is 12.4 Å². The van der Waals surface area contributed by atoms with E-state index in [1.807, 2.05) is 13.8 Å². The largest absolute Gasteiger partial charge is 0.449 e. The molecule has 3 nitrogen and oxygen atoms in total. The first-order chi connectivity index (χ1) is 7.92. The minimum atomic E-state index is -0.534. The summed E-state index contributed by atoms with van der Waals surface area (Å²) in [6.07, 6.45) is -0.534. The molecule has 1 aliphatic rings. The molecule has 1 saturated heterocycles. The van der Waals surface area contributed by atoms with Gasteiger partial charge in [-0.2, -0.15) is 0 Å². The van der Waals surface area contributed by atoms with Gasteiger partial charge in [-0.15, -0.1) is 12.4 Å². The number of carbonyl (C=O) groups is 1. The van der Waals surface area contributed by atoms with Crippen molar-refractivity contribution in [3.8, 4) is 0 Å². The zero-order valence-electron chi connectivity index (χ0n) is 10.00. The lowest BCUT2D eigenvalue weighted by Crippen LogP contribution is -2.47. The predicted octanol–water partition coefficient (Wildman–Crippen LogP) is 3.71. The zero-order chi connectivity index (χ0) is 12.6. The maximum atomic E-state index is 13.9. The fourth-order valence-electron chi connectivity index (χ4n) is 1.93. The van der Waals surface area contributed by atoms with Crippen LogP contribution in [-0.4, -0.2) is 12.7 Å². The first-order valence-electron chi connectivity index (χ1n) is 5.29. The molecule has 1 aromatic carbocycles. The van der Waals surface area contributed by atoms with Gasteiger partial charge in [0.05, 0.1) is 11.1 Å². The molecule has 0 unspecified atom stereocenters. The smallest absolute Gasteiger partial charge is 0.407 e. The van der Waals surface area contributed by atoms with Crippen molar-refractivity contribution in [3.05, 3.63) is 34.6 Å². The van der Waals surface area contributed by atoms with Gasteiger partial charge >= 0.3 is 6.09 Å². The third kappa shape index (κ3) is 2.70. The van der Waals surface area contributed by atoms with E-state index in [-0.39, 0.29) is 29.5 Å². The minimum absolute atomic E-state index is 0. The fraction of sp³-hybridized carbons (Fsp3) is 0.417. The number of hydrogen-bond donors (Lipinski definition) is 1. The Labute approximate surface area is 116 Å². The Morgan fingerprint density at radius 3 is 2.83 bits per heavy atom. The lowest BCUT2D eigenvalue weighted by molar-refractivity contribution is 0.0378. The Morgan fingerprint density at radius 1 is 1.50 bits per heavy atom. The van der Waals surface area contributed by atoms with E-state index >= 15 is 0 Å². The molecule has 0 aliphatic carbocycles. The predicted molar refractivity (Wildman–Crippen MR) is 69.7 cm³/mol. The molecule has 0 radical (unpaired) electrons. The Morgan fingerprint density at radius 2 is 2.17 bits per heavy atom. The topological polar surface area (TPSA) is 38.3 Å². The molecule has 1 atom stereocenters. The van der Waals surface area contributed by atoms with E-state index in [9.17, 15) is 9.18 Å².